The van der Waals surface area contributed by atoms with Gasteiger partial charge in [0, 0.05) is 13.1 Å². The molecule has 0 radical (unpaired) electrons. The van der Waals surface area contributed by atoms with Crippen LogP contribution in [0.1, 0.15) is 46.1 Å². The molecule has 4 nitrogen and oxygen atoms in total. The summed E-state index contributed by atoms with van der Waals surface area (Å²) in [5, 5.41) is 0. The zero-order chi connectivity index (χ0) is 18.9. The first-order valence-corrected chi connectivity index (χ1v) is 9.98. The van der Waals surface area contributed by atoms with Crippen LogP contribution in [0, 0.1) is 5.92 Å². The van der Waals surface area contributed by atoms with Crippen LogP contribution in [0.4, 0.5) is 0 Å². The maximum Gasteiger partial charge on any atom is 0.494 e. The summed E-state index contributed by atoms with van der Waals surface area (Å²) < 4.78 is 12.3. The van der Waals surface area contributed by atoms with Gasteiger partial charge in [-0.15, -0.1) is 0 Å². The van der Waals surface area contributed by atoms with Crippen LogP contribution in [0.25, 0.3) is 0 Å². The third-order valence-electron chi connectivity index (χ3n) is 6.37. The summed E-state index contributed by atoms with van der Waals surface area (Å²) in [5.41, 5.74) is 1.88. The van der Waals surface area contributed by atoms with Crippen LogP contribution in [-0.4, -0.2) is 61.8 Å². The SMILES string of the molecule is CN1CCC(CN(C)Cc2ccc(B3OC(C)(C)C(C)(C)O3)cc2)CC1. The molecule has 5 heteroatoms. The van der Waals surface area contributed by atoms with Gasteiger partial charge in [0.25, 0.3) is 0 Å². The highest BCUT2D eigenvalue weighted by atomic mass is 16.7. The average molecular weight is 358 g/mol. The monoisotopic (exact) mass is 358 g/mol. The predicted molar refractivity (Wildman–Crippen MR) is 109 cm³/mol. The van der Waals surface area contributed by atoms with Crippen molar-refractivity contribution in [2.45, 2.75) is 58.3 Å². The van der Waals surface area contributed by atoms with Gasteiger partial charge in [-0.25, -0.2) is 0 Å². The van der Waals surface area contributed by atoms with Crippen molar-refractivity contribution >= 4 is 12.6 Å². The van der Waals surface area contributed by atoms with E-state index in [1.165, 1.54) is 38.0 Å². The van der Waals surface area contributed by atoms with E-state index in [1.54, 1.807) is 0 Å². The first kappa shape index (κ1) is 19.9. The number of hydrogen-bond acceptors (Lipinski definition) is 4. The molecule has 1 aromatic carbocycles. The summed E-state index contributed by atoms with van der Waals surface area (Å²) in [5.74, 6) is 0.834. The van der Waals surface area contributed by atoms with Crippen molar-refractivity contribution in [3.8, 4) is 0 Å². The second-order valence-electron chi connectivity index (χ2n) is 9.27. The molecular formula is C21H35BN2O2. The van der Waals surface area contributed by atoms with E-state index < -0.39 is 0 Å². The van der Waals surface area contributed by atoms with Gasteiger partial charge < -0.3 is 19.1 Å². The number of hydrogen-bond donors (Lipinski definition) is 0. The molecule has 0 bridgehead atoms. The lowest BCUT2D eigenvalue weighted by molar-refractivity contribution is 0.00578. The topological polar surface area (TPSA) is 24.9 Å². The quantitative estimate of drug-likeness (QED) is 0.756. The molecule has 0 saturated carbocycles. The maximum atomic E-state index is 6.14. The number of likely N-dealkylation sites (tertiary alicyclic amines) is 1. The van der Waals surface area contributed by atoms with E-state index in [0.717, 1.165) is 17.9 Å². The Morgan fingerprint density at radius 3 is 2.12 bits per heavy atom. The van der Waals surface area contributed by atoms with Crippen LogP contribution >= 0.6 is 0 Å². The molecule has 26 heavy (non-hydrogen) atoms. The first-order chi connectivity index (χ1) is 12.2. The van der Waals surface area contributed by atoms with E-state index in [0.29, 0.717) is 0 Å². The number of benzene rings is 1. The molecular weight excluding hydrogens is 323 g/mol. The number of nitrogens with zero attached hydrogens (tertiary/aromatic N) is 2. The summed E-state index contributed by atoms with van der Waals surface area (Å²) in [6, 6.07) is 8.73. The molecule has 0 aliphatic carbocycles. The fraction of sp³-hybridized carbons (Fsp3) is 0.714. The Morgan fingerprint density at radius 2 is 1.58 bits per heavy atom. The minimum atomic E-state index is -0.287. The zero-order valence-corrected chi connectivity index (χ0v) is 17.4. The van der Waals surface area contributed by atoms with Crippen LogP contribution in [0.15, 0.2) is 24.3 Å². The summed E-state index contributed by atoms with van der Waals surface area (Å²) in [6.45, 7) is 13.0. The highest BCUT2D eigenvalue weighted by molar-refractivity contribution is 6.62. The fourth-order valence-corrected chi connectivity index (χ4v) is 3.82. The Kier molecular flexibility index (Phi) is 5.83. The average Bonchev–Trinajstić information content (AvgIpc) is 2.78. The summed E-state index contributed by atoms with van der Waals surface area (Å²) in [6.07, 6.45) is 2.64. The fourth-order valence-electron chi connectivity index (χ4n) is 3.82. The Labute approximate surface area is 160 Å². The molecule has 3 rings (SSSR count). The smallest absolute Gasteiger partial charge is 0.399 e. The van der Waals surface area contributed by atoms with E-state index >= 15 is 0 Å². The molecule has 2 aliphatic rings. The van der Waals surface area contributed by atoms with Gasteiger partial charge in [0.2, 0.25) is 0 Å². The van der Waals surface area contributed by atoms with Crippen molar-refractivity contribution in [2.75, 3.05) is 33.7 Å². The Morgan fingerprint density at radius 1 is 1.04 bits per heavy atom. The lowest BCUT2D eigenvalue weighted by atomic mass is 9.79. The normalized spacial score (nSPS) is 23.7. The molecule has 0 aromatic heterocycles. The third-order valence-corrected chi connectivity index (χ3v) is 6.37. The molecule has 2 heterocycles. The van der Waals surface area contributed by atoms with Gasteiger partial charge >= 0.3 is 7.12 Å². The van der Waals surface area contributed by atoms with Crippen molar-refractivity contribution in [2.24, 2.45) is 5.92 Å². The lowest BCUT2D eigenvalue weighted by Gasteiger charge is -2.32. The highest BCUT2D eigenvalue weighted by Gasteiger charge is 2.51. The van der Waals surface area contributed by atoms with Crippen LogP contribution in [0.3, 0.4) is 0 Å². The predicted octanol–water partition coefficient (Wildman–Crippen LogP) is 2.76. The summed E-state index contributed by atoms with van der Waals surface area (Å²) in [7, 11) is 4.19. The van der Waals surface area contributed by atoms with E-state index in [4.69, 9.17) is 9.31 Å². The van der Waals surface area contributed by atoms with E-state index in [1.807, 2.05) is 0 Å². The van der Waals surface area contributed by atoms with E-state index in [2.05, 4.69) is 75.9 Å². The van der Waals surface area contributed by atoms with Gasteiger partial charge in [-0.1, -0.05) is 24.3 Å². The minimum absolute atomic E-state index is 0.272. The van der Waals surface area contributed by atoms with Crippen LogP contribution in [0.5, 0.6) is 0 Å². The van der Waals surface area contributed by atoms with E-state index in [-0.39, 0.29) is 18.3 Å². The summed E-state index contributed by atoms with van der Waals surface area (Å²) in [4.78, 5) is 4.89. The van der Waals surface area contributed by atoms with Crippen LogP contribution in [-0.2, 0) is 15.9 Å². The molecule has 2 aliphatic heterocycles. The molecule has 0 unspecified atom stereocenters. The minimum Gasteiger partial charge on any atom is -0.399 e. The van der Waals surface area contributed by atoms with Crippen molar-refractivity contribution in [1.82, 2.24) is 9.80 Å². The molecule has 2 fully saturated rings. The molecule has 0 spiro atoms. The zero-order valence-electron chi connectivity index (χ0n) is 17.4. The van der Waals surface area contributed by atoms with Crippen LogP contribution < -0.4 is 5.46 Å². The van der Waals surface area contributed by atoms with Crippen LogP contribution in [0.2, 0.25) is 0 Å². The lowest BCUT2D eigenvalue weighted by Crippen LogP contribution is -2.41. The Bertz CT molecular complexity index is 579. The third kappa shape index (κ3) is 4.51. The van der Waals surface area contributed by atoms with Gasteiger partial charge in [-0.3, -0.25) is 0 Å². The molecule has 2 saturated heterocycles. The highest BCUT2D eigenvalue weighted by Crippen LogP contribution is 2.36. The van der Waals surface area contributed by atoms with Gasteiger partial charge in [0.05, 0.1) is 11.2 Å². The largest absolute Gasteiger partial charge is 0.494 e. The standard InChI is InChI=1S/C21H35BN2O2/c1-20(2)21(3,4)26-22(25-20)19-9-7-17(8-10-19)15-24(6)16-18-11-13-23(5)14-12-18/h7-10,18H,11-16H2,1-6H3. The van der Waals surface area contributed by atoms with Gasteiger partial charge in [-0.2, -0.15) is 0 Å². The van der Waals surface area contributed by atoms with Crippen molar-refractivity contribution in [1.29, 1.82) is 0 Å². The Hall–Kier alpha value is -0.875. The van der Waals surface area contributed by atoms with E-state index in [9.17, 15) is 0 Å². The molecule has 0 amide bonds. The number of rotatable bonds is 5. The Balaban J connectivity index is 1.53. The molecule has 0 atom stereocenters. The summed E-state index contributed by atoms with van der Waals surface area (Å²) >= 11 is 0. The van der Waals surface area contributed by atoms with Crippen molar-refractivity contribution in [3.63, 3.8) is 0 Å². The van der Waals surface area contributed by atoms with Gasteiger partial charge in [0.1, 0.15) is 0 Å². The van der Waals surface area contributed by atoms with Gasteiger partial charge in [-0.05, 0) is 84.7 Å². The second kappa shape index (κ2) is 7.63. The molecule has 144 valence electrons. The molecule has 1 aromatic rings. The number of piperidine rings is 1. The van der Waals surface area contributed by atoms with Crippen molar-refractivity contribution in [3.05, 3.63) is 29.8 Å². The maximum absolute atomic E-state index is 6.14. The first-order valence-electron chi connectivity index (χ1n) is 9.98. The van der Waals surface area contributed by atoms with Crippen molar-refractivity contribution < 1.29 is 9.31 Å². The molecule has 0 N–H and O–H groups in total. The van der Waals surface area contributed by atoms with Gasteiger partial charge in [0.15, 0.2) is 0 Å². The second-order valence-corrected chi connectivity index (χ2v) is 9.27.